The van der Waals surface area contributed by atoms with Crippen LogP contribution in [0.25, 0.3) is 0 Å². The van der Waals surface area contributed by atoms with Gasteiger partial charge in [-0.05, 0) is 44.8 Å². The second-order valence-corrected chi connectivity index (χ2v) is 8.46. The molecule has 0 bridgehead atoms. The number of hydrogen-bond donors (Lipinski definition) is 1. The van der Waals surface area contributed by atoms with Gasteiger partial charge in [0.15, 0.2) is 5.96 Å². The molecule has 3 unspecified atom stereocenters. The Kier molecular flexibility index (Phi) is 9.23. The number of imidazole rings is 1. The minimum absolute atomic E-state index is 0. The maximum Gasteiger partial charge on any atom is 0.194 e. The lowest BCUT2D eigenvalue weighted by molar-refractivity contribution is 0.188. The molecule has 0 aromatic carbocycles. The number of likely N-dealkylation sites (N-methyl/N-ethyl adjacent to an activating group) is 1. The molecule has 1 aliphatic heterocycles. The van der Waals surface area contributed by atoms with E-state index in [1.807, 2.05) is 12.5 Å². The molecule has 3 heterocycles. The molecule has 8 heteroatoms. The van der Waals surface area contributed by atoms with Gasteiger partial charge < -0.3 is 19.7 Å². The second-order valence-electron chi connectivity index (χ2n) is 7.48. The van der Waals surface area contributed by atoms with Crippen LogP contribution < -0.4 is 5.32 Å². The number of piperidine rings is 1. The van der Waals surface area contributed by atoms with E-state index in [9.17, 15) is 0 Å². The Labute approximate surface area is 190 Å². The van der Waals surface area contributed by atoms with Crippen LogP contribution in [0.3, 0.4) is 0 Å². The number of hydrogen-bond acceptors (Lipinski definition) is 4. The Morgan fingerprint density at radius 3 is 2.89 bits per heavy atom. The standard InChI is InChI=1S/C20H32N6S.HI/c1-5-22-20(23-13-17(24(3)4)19-7-6-12-27-19)25-10-8-16(2)18(14-25)26-11-9-21-15-26;/h6-7,9,11-12,15-18H,5,8,10,13-14H2,1-4H3,(H,22,23);1H. The van der Waals surface area contributed by atoms with Crippen LogP contribution in [-0.4, -0.2) is 65.6 Å². The van der Waals surface area contributed by atoms with Gasteiger partial charge in [0, 0.05) is 36.9 Å². The highest BCUT2D eigenvalue weighted by molar-refractivity contribution is 14.0. The van der Waals surface area contributed by atoms with Crippen LogP contribution >= 0.6 is 35.3 Å². The van der Waals surface area contributed by atoms with Crippen LogP contribution in [0.5, 0.6) is 0 Å². The molecule has 6 nitrogen and oxygen atoms in total. The van der Waals surface area contributed by atoms with E-state index in [1.54, 1.807) is 11.3 Å². The highest BCUT2D eigenvalue weighted by Crippen LogP contribution is 2.28. The highest BCUT2D eigenvalue weighted by atomic mass is 127. The van der Waals surface area contributed by atoms with Crippen molar-refractivity contribution in [2.24, 2.45) is 10.9 Å². The molecule has 1 N–H and O–H groups in total. The lowest BCUT2D eigenvalue weighted by Crippen LogP contribution is -2.49. The first-order valence-corrected chi connectivity index (χ1v) is 10.7. The first kappa shape index (κ1) is 23.2. The van der Waals surface area contributed by atoms with Gasteiger partial charge in [0.25, 0.3) is 0 Å². The van der Waals surface area contributed by atoms with Crippen molar-refractivity contribution in [2.45, 2.75) is 32.4 Å². The lowest BCUT2D eigenvalue weighted by Gasteiger charge is -2.39. The van der Waals surface area contributed by atoms with Crippen molar-refractivity contribution in [2.75, 3.05) is 40.3 Å². The molecule has 0 spiro atoms. The summed E-state index contributed by atoms with van der Waals surface area (Å²) in [5.74, 6) is 1.66. The molecule has 156 valence electrons. The van der Waals surface area contributed by atoms with Crippen molar-refractivity contribution in [3.63, 3.8) is 0 Å². The Hall–Kier alpha value is -1.13. The largest absolute Gasteiger partial charge is 0.357 e. The average molecular weight is 516 g/mol. The van der Waals surface area contributed by atoms with E-state index in [-0.39, 0.29) is 24.0 Å². The molecule has 0 saturated carbocycles. The Morgan fingerprint density at radius 2 is 2.29 bits per heavy atom. The number of halogens is 1. The van der Waals surface area contributed by atoms with Gasteiger partial charge in [0.05, 0.1) is 25.0 Å². The zero-order valence-electron chi connectivity index (χ0n) is 17.3. The SMILES string of the molecule is CCNC(=NCC(c1cccs1)N(C)C)N1CCC(C)C(n2ccnc2)C1.I. The molecule has 28 heavy (non-hydrogen) atoms. The van der Waals surface area contributed by atoms with Gasteiger partial charge in [-0.25, -0.2) is 4.98 Å². The van der Waals surface area contributed by atoms with Crippen molar-refractivity contribution in [1.29, 1.82) is 0 Å². The quantitative estimate of drug-likeness (QED) is 0.362. The number of thiophene rings is 1. The smallest absolute Gasteiger partial charge is 0.194 e. The maximum atomic E-state index is 5.03. The normalized spacial score (nSPS) is 21.5. The Morgan fingerprint density at radius 1 is 1.46 bits per heavy atom. The highest BCUT2D eigenvalue weighted by Gasteiger charge is 2.29. The number of guanidine groups is 1. The molecule has 2 aromatic heterocycles. The minimum Gasteiger partial charge on any atom is -0.357 e. The van der Waals surface area contributed by atoms with Gasteiger partial charge >= 0.3 is 0 Å². The first-order valence-electron chi connectivity index (χ1n) is 9.80. The summed E-state index contributed by atoms with van der Waals surface area (Å²) >= 11 is 1.80. The molecule has 0 amide bonds. The molecule has 3 rings (SSSR count). The summed E-state index contributed by atoms with van der Waals surface area (Å²) in [7, 11) is 4.26. The van der Waals surface area contributed by atoms with Gasteiger partial charge in [-0.2, -0.15) is 0 Å². The summed E-state index contributed by atoms with van der Waals surface area (Å²) in [4.78, 5) is 15.3. The van der Waals surface area contributed by atoms with E-state index in [4.69, 9.17) is 4.99 Å². The van der Waals surface area contributed by atoms with E-state index < -0.39 is 0 Å². The van der Waals surface area contributed by atoms with Crippen LogP contribution in [0.4, 0.5) is 0 Å². The van der Waals surface area contributed by atoms with Crippen LogP contribution in [0.15, 0.2) is 41.2 Å². The molecule has 3 atom stereocenters. The summed E-state index contributed by atoms with van der Waals surface area (Å²) in [6, 6.07) is 5.07. The van der Waals surface area contributed by atoms with Gasteiger partial charge in [-0.1, -0.05) is 13.0 Å². The third-order valence-corrected chi connectivity index (χ3v) is 6.34. The monoisotopic (exact) mass is 516 g/mol. The van der Waals surface area contributed by atoms with Crippen molar-refractivity contribution < 1.29 is 0 Å². The molecule has 0 radical (unpaired) electrons. The number of aliphatic imine (C=N–C) groups is 1. The average Bonchev–Trinajstić information content (AvgIpc) is 3.35. The zero-order valence-corrected chi connectivity index (χ0v) is 20.4. The second kappa shape index (κ2) is 11.2. The van der Waals surface area contributed by atoms with E-state index in [1.165, 1.54) is 4.88 Å². The van der Waals surface area contributed by atoms with Crippen molar-refractivity contribution >= 4 is 41.3 Å². The summed E-state index contributed by atoms with van der Waals surface area (Å²) in [6.45, 7) is 8.13. The Bertz CT molecular complexity index is 700. The van der Waals surface area contributed by atoms with E-state index >= 15 is 0 Å². The van der Waals surface area contributed by atoms with E-state index in [0.717, 1.165) is 38.6 Å². The number of nitrogens with zero attached hydrogens (tertiary/aromatic N) is 5. The third-order valence-electron chi connectivity index (χ3n) is 5.37. The molecule has 1 fully saturated rings. The minimum atomic E-state index is 0. The van der Waals surface area contributed by atoms with Gasteiger partial charge in [0.1, 0.15) is 0 Å². The van der Waals surface area contributed by atoms with Gasteiger partial charge in [-0.3, -0.25) is 4.99 Å². The molecule has 2 aromatic rings. The lowest BCUT2D eigenvalue weighted by atomic mass is 9.93. The van der Waals surface area contributed by atoms with Crippen LogP contribution in [-0.2, 0) is 0 Å². The summed E-state index contributed by atoms with van der Waals surface area (Å²) < 4.78 is 2.24. The number of aromatic nitrogens is 2. The molecular formula is C20H33IN6S. The zero-order chi connectivity index (χ0) is 19.2. The van der Waals surface area contributed by atoms with E-state index in [2.05, 4.69) is 76.3 Å². The summed E-state index contributed by atoms with van der Waals surface area (Å²) in [5.41, 5.74) is 0. The van der Waals surface area contributed by atoms with Crippen molar-refractivity contribution in [3.8, 4) is 0 Å². The summed E-state index contributed by atoms with van der Waals surface area (Å²) in [5, 5.41) is 5.65. The van der Waals surface area contributed by atoms with Crippen LogP contribution in [0.2, 0.25) is 0 Å². The fourth-order valence-electron chi connectivity index (χ4n) is 3.68. The van der Waals surface area contributed by atoms with Crippen LogP contribution in [0, 0.1) is 5.92 Å². The topological polar surface area (TPSA) is 48.7 Å². The molecule has 1 aliphatic rings. The molecule has 0 aliphatic carbocycles. The van der Waals surface area contributed by atoms with Crippen LogP contribution in [0.1, 0.15) is 37.2 Å². The predicted molar refractivity (Wildman–Crippen MR) is 129 cm³/mol. The fourth-order valence-corrected chi connectivity index (χ4v) is 4.60. The number of nitrogens with one attached hydrogen (secondary N) is 1. The predicted octanol–water partition coefficient (Wildman–Crippen LogP) is 3.71. The molecule has 1 saturated heterocycles. The third kappa shape index (κ3) is 5.70. The fraction of sp³-hybridized carbons (Fsp3) is 0.600. The molecular weight excluding hydrogens is 483 g/mol. The maximum absolute atomic E-state index is 5.03. The van der Waals surface area contributed by atoms with Crippen molar-refractivity contribution in [3.05, 3.63) is 41.1 Å². The van der Waals surface area contributed by atoms with Gasteiger partial charge in [-0.15, -0.1) is 35.3 Å². The van der Waals surface area contributed by atoms with E-state index in [0.29, 0.717) is 18.0 Å². The Balaban J connectivity index is 0.00000280. The first-order chi connectivity index (χ1) is 13.1. The number of rotatable bonds is 6. The van der Waals surface area contributed by atoms with Gasteiger partial charge in [0.2, 0.25) is 0 Å². The van der Waals surface area contributed by atoms with Crippen molar-refractivity contribution in [1.82, 2.24) is 24.7 Å². The number of likely N-dealkylation sites (tertiary alicyclic amines) is 1. The summed E-state index contributed by atoms with van der Waals surface area (Å²) in [6.07, 6.45) is 7.05.